The van der Waals surface area contributed by atoms with Crippen LogP contribution in [0.4, 0.5) is 5.69 Å². The summed E-state index contributed by atoms with van der Waals surface area (Å²) in [5, 5.41) is 24.0. The first-order valence-electron chi connectivity index (χ1n) is 8.31. The van der Waals surface area contributed by atoms with E-state index >= 15 is 0 Å². The Bertz CT molecular complexity index is 943. The molecule has 0 saturated heterocycles. The molecule has 1 heterocycles. The Hall–Kier alpha value is -3.49. The van der Waals surface area contributed by atoms with Crippen LogP contribution in [0.3, 0.4) is 0 Å². The summed E-state index contributed by atoms with van der Waals surface area (Å²) in [7, 11) is 0. The Morgan fingerprint density at radius 2 is 2.00 bits per heavy atom. The van der Waals surface area contributed by atoms with Crippen LogP contribution in [0, 0.1) is 17.0 Å². The molecule has 2 aromatic rings. The standard InChI is InChI=1S/C18H17N3O6/c1-10-16-13(3-2-4-14(16)27-17(10)18(23)24)19-20-15(22)9-11-5-7-12(8-6-11)21(25)26/h5-8H,2-4,9H2,1H3,(H,20,22)(H,23,24)/b19-13+. The molecule has 0 bridgehead atoms. The Kier molecular flexibility index (Phi) is 5.02. The molecule has 3 rings (SSSR count). The fourth-order valence-electron chi connectivity index (χ4n) is 3.07. The summed E-state index contributed by atoms with van der Waals surface area (Å²) < 4.78 is 5.41. The van der Waals surface area contributed by atoms with Gasteiger partial charge in [-0.3, -0.25) is 14.9 Å². The van der Waals surface area contributed by atoms with Crippen LogP contribution in [0.1, 0.15) is 45.8 Å². The van der Waals surface area contributed by atoms with Gasteiger partial charge in [0.05, 0.1) is 17.1 Å². The number of benzene rings is 1. The number of hydrazone groups is 1. The molecule has 0 radical (unpaired) electrons. The molecular formula is C18H17N3O6. The molecule has 0 saturated carbocycles. The minimum absolute atomic E-state index is 0.0202. The van der Waals surface area contributed by atoms with Crippen LogP contribution in [-0.2, 0) is 17.6 Å². The molecule has 0 fully saturated rings. The summed E-state index contributed by atoms with van der Waals surface area (Å²) in [5.74, 6) is -1.04. The zero-order chi connectivity index (χ0) is 19.6. The minimum Gasteiger partial charge on any atom is -0.475 e. The molecule has 1 aromatic heterocycles. The van der Waals surface area contributed by atoms with Gasteiger partial charge in [-0.05, 0) is 25.3 Å². The van der Waals surface area contributed by atoms with Crippen molar-refractivity contribution in [2.45, 2.75) is 32.6 Å². The highest BCUT2D eigenvalue weighted by Crippen LogP contribution is 2.29. The highest BCUT2D eigenvalue weighted by molar-refractivity contribution is 6.06. The van der Waals surface area contributed by atoms with E-state index in [9.17, 15) is 24.8 Å². The number of hydrogen-bond donors (Lipinski definition) is 2. The fraction of sp³-hybridized carbons (Fsp3) is 0.278. The summed E-state index contributed by atoms with van der Waals surface area (Å²) >= 11 is 0. The lowest BCUT2D eigenvalue weighted by molar-refractivity contribution is -0.384. The number of nitro groups is 1. The van der Waals surface area contributed by atoms with E-state index in [-0.39, 0.29) is 23.8 Å². The van der Waals surface area contributed by atoms with Gasteiger partial charge in [0.15, 0.2) is 0 Å². The number of carbonyl (C=O) groups is 2. The molecule has 9 nitrogen and oxygen atoms in total. The van der Waals surface area contributed by atoms with Crippen molar-refractivity contribution in [1.29, 1.82) is 0 Å². The van der Waals surface area contributed by atoms with Gasteiger partial charge in [-0.2, -0.15) is 5.10 Å². The number of carboxylic acids is 1. The number of amides is 1. The van der Waals surface area contributed by atoms with E-state index in [1.807, 2.05) is 0 Å². The van der Waals surface area contributed by atoms with Crippen molar-refractivity contribution in [3.8, 4) is 0 Å². The van der Waals surface area contributed by atoms with E-state index < -0.39 is 10.9 Å². The van der Waals surface area contributed by atoms with Gasteiger partial charge in [-0.1, -0.05) is 12.1 Å². The fourth-order valence-corrected chi connectivity index (χ4v) is 3.07. The van der Waals surface area contributed by atoms with Gasteiger partial charge in [0.25, 0.3) is 5.69 Å². The predicted octanol–water partition coefficient (Wildman–Crippen LogP) is 2.59. The highest BCUT2D eigenvalue weighted by Gasteiger charge is 2.27. The molecule has 140 valence electrons. The lowest BCUT2D eigenvalue weighted by Gasteiger charge is -2.13. The molecule has 0 aliphatic heterocycles. The quantitative estimate of drug-likeness (QED) is 0.612. The third kappa shape index (κ3) is 3.86. The van der Waals surface area contributed by atoms with E-state index in [1.54, 1.807) is 6.92 Å². The maximum Gasteiger partial charge on any atom is 0.372 e. The zero-order valence-corrected chi connectivity index (χ0v) is 14.5. The van der Waals surface area contributed by atoms with Crippen LogP contribution in [0.15, 0.2) is 33.8 Å². The molecule has 1 aromatic carbocycles. The van der Waals surface area contributed by atoms with Gasteiger partial charge in [0.2, 0.25) is 11.7 Å². The molecule has 0 atom stereocenters. The molecule has 0 unspecified atom stereocenters. The summed E-state index contributed by atoms with van der Waals surface area (Å²) in [6, 6.07) is 5.71. The first kappa shape index (κ1) is 18.3. The number of rotatable bonds is 5. The second-order valence-corrected chi connectivity index (χ2v) is 6.21. The van der Waals surface area contributed by atoms with Crippen molar-refractivity contribution < 1.29 is 24.0 Å². The van der Waals surface area contributed by atoms with Gasteiger partial charge in [-0.25, -0.2) is 10.2 Å². The average Bonchev–Trinajstić information content (AvgIpc) is 2.98. The molecule has 2 N–H and O–H groups in total. The lowest BCUT2D eigenvalue weighted by atomic mass is 9.93. The molecular weight excluding hydrogens is 354 g/mol. The van der Waals surface area contributed by atoms with E-state index in [0.29, 0.717) is 41.0 Å². The first-order chi connectivity index (χ1) is 12.9. The Morgan fingerprint density at radius 3 is 2.63 bits per heavy atom. The van der Waals surface area contributed by atoms with Crippen LogP contribution in [0.2, 0.25) is 0 Å². The maximum atomic E-state index is 12.1. The van der Waals surface area contributed by atoms with E-state index in [0.717, 1.165) is 6.42 Å². The van der Waals surface area contributed by atoms with E-state index in [2.05, 4.69) is 10.5 Å². The third-order valence-electron chi connectivity index (χ3n) is 4.35. The summed E-state index contributed by atoms with van der Waals surface area (Å²) in [5.41, 5.74) is 4.78. The number of hydrogen-bond acceptors (Lipinski definition) is 6. The van der Waals surface area contributed by atoms with Crippen molar-refractivity contribution in [1.82, 2.24) is 5.43 Å². The number of non-ortho nitro benzene ring substituents is 1. The van der Waals surface area contributed by atoms with Gasteiger partial charge in [0.1, 0.15) is 5.76 Å². The SMILES string of the molecule is Cc1c(C(=O)O)oc2c1/C(=N/NC(=O)Cc1ccc([N+](=O)[O-])cc1)CCC2. The first-order valence-corrected chi connectivity index (χ1v) is 8.31. The summed E-state index contributed by atoms with van der Waals surface area (Å²) in [4.78, 5) is 33.5. The van der Waals surface area contributed by atoms with Crippen molar-refractivity contribution in [3.05, 3.63) is 62.6 Å². The Morgan fingerprint density at radius 1 is 1.30 bits per heavy atom. The normalized spacial score (nSPS) is 14.6. The van der Waals surface area contributed by atoms with Crippen LogP contribution in [-0.4, -0.2) is 27.6 Å². The molecule has 1 aliphatic rings. The number of furan rings is 1. The molecule has 27 heavy (non-hydrogen) atoms. The number of aryl methyl sites for hydroxylation is 1. The lowest BCUT2D eigenvalue weighted by Crippen LogP contribution is -2.23. The van der Waals surface area contributed by atoms with Crippen molar-refractivity contribution >= 4 is 23.3 Å². The second-order valence-electron chi connectivity index (χ2n) is 6.21. The van der Waals surface area contributed by atoms with Crippen LogP contribution in [0.5, 0.6) is 0 Å². The predicted molar refractivity (Wildman–Crippen MR) is 94.8 cm³/mol. The molecule has 0 spiro atoms. The smallest absolute Gasteiger partial charge is 0.372 e. The topological polar surface area (TPSA) is 135 Å². The number of nitro benzene ring substituents is 1. The van der Waals surface area contributed by atoms with Crippen LogP contribution in [0.25, 0.3) is 0 Å². The molecule has 1 amide bonds. The summed E-state index contributed by atoms with van der Waals surface area (Å²) in [6.07, 6.45) is 1.99. The molecule has 9 heteroatoms. The number of carbonyl (C=O) groups excluding carboxylic acids is 1. The molecule has 1 aliphatic carbocycles. The summed E-state index contributed by atoms with van der Waals surface area (Å²) in [6.45, 7) is 1.66. The van der Waals surface area contributed by atoms with E-state index in [1.165, 1.54) is 24.3 Å². The van der Waals surface area contributed by atoms with Gasteiger partial charge in [0, 0.05) is 29.7 Å². The maximum absolute atomic E-state index is 12.1. The van der Waals surface area contributed by atoms with Gasteiger partial charge >= 0.3 is 5.97 Å². The van der Waals surface area contributed by atoms with E-state index in [4.69, 9.17) is 4.42 Å². The third-order valence-corrected chi connectivity index (χ3v) is 4.35. The largest absolute Gasteiger partial charge is 0.475 e. The Labute approximate surface area is 153 Å². The average molecular weight is 371 g/mol. The number of nitrogens with zero attached hydrogens (tertiary/aromatic N) is 2. The van der Waals surface area contributed by atoms with Gasteiger partial charge < -0.3 is 9.52 Å². The number of carboxylic acid groups (broad SMARTS) is 1. The van der Waals surface area contributed by atoms with Crippen LogP contribution < -0.4 is 5.43 Å². The van der Waals surface area contributed by atoms with Gasteiger partial charge in [-0.15, -0.1) is 0 Å². The van der Waals surface area contributed by atoms with Crippen molar-refractivity contribution in [3.63, 3.8) is 0 Å². The number of fused-ring (bicyclic) bond motifs is 1. The van der Waals surface area contributed by atoms with Crippen molar-refractivity contribution in [2.75, 3.05) is 0 Å². The highest BCUT2D eigenvalue weighted by atomic mass is 16.6. The zero-order valence-electron chi connectivity index (χ0n) is 14.5. The second kappa shape index (κ2) is 7.40. The van der Waals surface area contributed by atoms with Crippen LogP contribution >= 0.6 is 0 Å². The minimum atomic E-state index is -1.14. The van der Waals surface area contributed by atoms with Crippen molar-refractivity contribution in [2.24, 2.45) is 5.10 Å². The number of nitrogens with one attached hydrogen (secondary N) is 1. The monoisotopic (exact) mass is 371 g/mol. The Balaban J connectivity index is 1.72. The number of aromatic carboxylic acids is 1.